The number of rotatable bonds is 0. The molecule has 0 amide bonds. The van der Waals surface area contributed by atoms with E-state index >= 15 is 0 Å². The van der Waals surface area contributed by atoms with Crippen LogP contribution in [0.1, 0.15) is 32.1 Å². The third kappa shape index (κ3) is 0.460. The van der Waals surface area contributed by atoms with Crippen LogP contribution in [-0.2, 0) is 0 Å². The van der Waals surface area contributed by atoms with Gasteiger partial charge >= 0.3 is 0 Å². The van der Waals surface area contributed by atoms with Crippen LogP contribution in [0.4, 0.5) is 0 Å². The molecule has 0 unspecified atom stereocenters. The summed E-state index contributed by atoms with van der Waals surface area (Å²) in [7, 11) is 0. The highest BCUT2D eigenvalue weighted by Gasteiger charge is 2.58. The second-order valence-corrected chi connectivity index (χ2v) is 4.55. The lowest BCUT2D eigenvalue weighted by Gasteiger charge is -2.27. The van der Waals surface area contributed by atoms with Gasteiger partial charge in [0.25, 0.3) is 0 Å². The lowest BCUT2D eigenvalue weighted by molar-refractivity contribution is 0.00248. The van der Waals surface area contributed by atoms with Crippen molar-refractivity contribution < 1.29 is 5.11 Å². The number of fused-ring (bicyclic) bond motifs is 1. The van der Waals surface area contributed by atoms with Crippen LogP contribution in [-0.4, -0.2) is 10.7 Å². The lowest BCUT2D eigenvalue weighted by Crippen LogP contribution is -2.31. The van der Waals surface area contributed by atoms with Crippen molar-refractivity contribution in [3.05, 3.63) is 0 Å². The summed E-state index contributed by atoms with van der Waals surface area (Å²) in [6.45, 7) is 0. The van der Waals surface area contributed by atoms with Crippen LogP contribution in [0.5, 0.6) is 0 Å². The van der Waals surface area contributed by atoms with Gasteiger partial charge in [0.15, 0.2) is 0 Å². The molecule has 3 aliphatic carbocycles. The van der Waals surface area contributed by atoms with Crippen LogP contribution >= 0.6 is 0 Å². The summed E-state index contributed by atoms with van der Waals surface area (Å²) in [6.07, 6.45) is 6.35. The summed E-state index contributed by atoms with van der Waals surface area (Å²) in [5.74, 6) is 2.55. The third-order valence-corrected chi connectivity index (χ3v) is 4.07. The number of aliphatic hydroxyl groups is 1. The molecule has 0 aromatic rings. The standard InChI is InChI=1S/C9H14O/c10-9-2-1-7-3-6(5-9)4-8(7)9/h6-8,10H,1-5H2/t6-,7+,8-,9-/m0/s1. The first kappa shape index (κ1) is 5.59. The normalized spacial score (nSPS) is 63.9. The molecule has 1 heteroatoms. The molecule has 56 valence electrons. The van der Waals surface area contributed by atoms with E-state index in [9.17, 15) is 5.11 Å². The van der Waals surface area contributed by atoms with Crippen LogP contribution in [0.3, 0.4) is 0 Å². The Morgan fingerprint density at radius 3 is 2.80 bits per heavy atom. The van der Waals surface area contributed by atoms with Crippen LogP contribution in [0.25, 0.3) is 0 Å². The van der Waals surface area contributed by atoms with Crippen molar-refractivity contribution in [3.8, 4) is 0 Å². The molecule has 3 rings (SSSR count). The molecule has 2 bridgehead atoms. The maximum Gasteiger partial charge on any atom is 0.0681 e. The van der Waals surface area contributed by atoms with Gasteiger partial charge in [0.1, 0.15) is 0 Å². The van der Waals surface area contributed by atoms with Crippen LogP contribution in [0.15, 0.2) is 0 Å². The molecule has 10 heavy (non-hydrogen) atoms. The maximum absolute atomic E-state index is 10.0. The Bertz CT molecular complexity index is 178. The van der Waals surface area contributed by atoms with E-state index < -0.39 is 0 Å². The van der Waals surface area contributed by atoms with Crippen molar-refractivity contribution in [2.45, 2.75) is 37.7 Å². The van der Waals surface area contributed by atoms with Crippen molar-refractivity contribution >= 4 is 0 Å². The van der Waals surface area contributed by atoms with Gasteiger partial charge in [-0.05, 0) is 49.9 Å². The topological polar surface area (TPSA) is 20.2 Å². The zero-order valence-corrected chi connectivity index (χ0v) is 6.21. The van der Waals surface area contributed by atoms with Gasteiger partial charge in [0, 0.05) is 0 Å². The van der Waals surface area contributed by atoms with E-state index in [-0.39, 0.29) is 5.60 Å². The summed E-state index contributed by atoms with van der Waals surface area (Å²) in [6, 6.07) is 0. The first-order valence-electron chi connectivity index (χ1n) is 4.50. The molecule has 0 aromatic heterocycles. The molecule has 0 aliphatic heterocycles. The van der Waals surface area contributed by atoms with Crippen molar-refractivity contribution in [2.75, 3.05) is 0 Å². The SMILES string of the molecule is O[C@]12CC[C@@H]3C[C@@H](C[C@@H]31)C2. The van der Waals surface area contributed by atoms with E-state index in [4.69, 9.17) is 0 Å². The molecule has 0 radical (unpaired) electrons. The third-order valence-electron chi connectivity index (χ3n) is 4.07. The molecule has 0 heterocycles. The van der Waals surface area contributed by atoms with Gasteiger partial charge < -0.3 is 5.11 Å². The molecule has 1 N–H and O–H groups in total. The average Bonchev–Trinajstić information content (AvgIpc) is 2.39. The van der Waals surface area contributed by atoms with Gasteiger partial charge in [-0.2, -0.15) is 0 Å². The van der Waals surface area contributed by atoms with Crippen molar-refractivity contribution in [1.82, 2.24) is 0 Å². The predicted molar refractivity (Wildman–Crippen MR) is 38.5 cm³/mol. The second kappa shape index (κ2) is 1.42. The summed E-state index contributed by atoms with van der Waals surface area (Å²) >= 11 is 0. The quantitative estimate of drug-likeness (QED) is 0.538. The van der Waals surface area contributed by atoms with Crippen LogP contribution in [0, 0.1) is 17.8 Å². The Morgan fingerprint density at radius 2 is 2.20 bits per heavy atom. The number of hydrogen-bond acceptors (Lipinski definition) is 1. The molecular weight excluding hydrogens is 124 g/mol. The minimum Gasteiger partial charge on any atom is -0.390 e. The van der Waals surface area contributed by atoms with Gasteiger partial charge in [-0.25, -0.2) is 0 Å². The van der Waals surface area contributed by atoms with E-state index in [0.29, 0.717) is 0 Å². The van der Waals surface area contributed by atoms with Crippen LogP contribution < -0.4 is 0 Å². The molecule has 0 spiro atoms. The minimum atomic E-state index is -0.173. The van der Waals surface area contributed by atoms with E-state index in [1.165, 1.54) is 19.3 Å². The second-order valence-electron chi connectivity index (χ2n) is 4.55. The Morgan fingerprint density at radius 1 is 1.30 bits per heavy atom. The molecule has 0 aromatic carbocycles. The van der Waals surface area contributed by atoms with Crippen LogP contribution in [0.2, 0.25) is 0 Å². The zero-order valence-electron chi connectivity index (χ0n) is 6.21. The fourth-order valence-electron chi connectivity index (χ4n) is 3.76. The highest BCUT2D eigenvalue weighted by atomic mass is 16.3. The Balaban J connectivity index is 2.05. The molecular formula is C9H14O. The van der Waals surface area contributed by atoms with Gasteiger partial charge in [-0.15, -0.1) is 0 Å². The smallest absolute Gasteiger partial charge is 0.0681 e. The summed E-state index contributed by atoms with van der Waals surface area (Å²) < 4.78 is 0. The molecule has 4 atom stereocenters. The summed E-state index contributed by atoms with van der Waals surface area (Å²) in [5, 5.41) is 10.0. The molecule has 1 nitrogen and oxygen atoms in total. The first-order valence-corrected chi connectivity index (χ1v) is 4.50. The van der Waals surface area contributed by atoms with E-state index in [1.807, 2.05) is 0 Å². The van der Waals surface area contributed by atoms with Crippen molar-refractivity contribution in [3.63, 3.8) is 0 Å². The van der Waals surface area contributed by atoms with Crippen molar-refractivity contribution in [1.29, 1.82) is 0 Å². The largest absolute Gasteiger partial charge is 0.390 e. The highest BCUT2D eigenvalue weighted by molar-refractivity contribution is 5.09. The van der Waals surface area contributed by atoms with Gasteiger partial charge in [0.2, 0.25) is 0 Å². The van der Waals surface area contributed by atoms with Crippen molar-refractivity contribution in [2.24, 2.45) is 17.8 Å². The fourth-order valence-corrected chi connectivity index (χ4v) is 3.76. The summed E-state index contributed by atoms with van der Waals surface area (Å²) in [4.78, 5) is 0. The van der Waals surface area contributed by atoms with E-state index in [1.54, 1.807) is 0 Å². The monoisotopic (exact) mass is 138 g/mol. The Kier molecular flexibility index (Phi) is 0.797. The minimum absolute atomic E-state index is 0.173. The number of hydrogen-bond donors (Lipinski definition) is 1. The fraction of sp³-hybridized carbons (Fsp3) is 1.00. The predicted octanol–water partition coefficient (Wildman–Crippen LogP) is 1.56. The molecule has 3 fully saturated rings. The first-order chi connectivity index (χ1) is 4.78. The molecule has 0 saturated heterocycles. The average molecular weight is 138 g/mol. The Hall–Kier alpha value is -0.0400. The van der Waals surface area contributed by atoms with Gasteiger partial charge in [-0.3, -0.25) is 0 Å². The zero-order chi connectivity index (χ0) is 6.77. The maximum atomic E-state index is 10.0. The lowest BCUT2D eigenvalue weighted by atomic mass is 9.85. The van der Waals surface area contributed by atoms with Gasteiger partial charge in [0.05, 0.1) is 5.60 Å². The van der Waals surface area contributed by atoms with Gasteiger partial charge in [-0.1, -0.05) is 0 Å². The van der Waals surface area contributed by atoms with E-state index in [2.05, 4.69) is 0 Å². The Labute approximate surface area is 61.4 Å². The van der Waals surface area contributed by atoms with E-state index in [0.717, 1.165) is 30.6 Å². The highest BCUT2D eigenvalue weighted by Crippen LogP contribution is 2.61. The molecule has 3 saturated carbocycles. The molecule has 3 aliphatic rings. The summed E-state index contributed by atoms with van der Waals surface area (Å²) in [5.41, 5.74) is -0.173.